The van der Waals surface area contributed by atoms with Crippen molar-refractivity contribution in [1.82, 2.24) is 0 Å². The minimum Gasteiger partial charge on any atom is -0.416 e. The summed E-state index contributed by atoms with van der Waals surface area (Å²) in [5, 5.41) is 0.141. The second-order valence-electron chi connectivity index (χ2n) is 9.84. The first-order valence-electron chi connectivity index (χ1n) is 9.41. The first kappa shape index (κ1) is 21.6. The van der Waals surface area contributed by atoms with Gasteiger partial charge in [0.2, 0.25) is 0 Å². The van der Waals surface area contributed by atoms with Gasteiger partial charge in [-0.1, -0.05) is 41.0 Å². The van der Waals surface area contributed by atoms with Crippen LogP contribution in [-0.2, 0) is 14.0 Å². The molecular formula is C20H38O3Si. The normalized spacial score (nSPS) is 26.0. The zero-order valence-electron chi connectivity index (χ0n) is 17.1. The van der Waals surface area contributed by atoms with Crippen molar-refractivity contribution >= 4 is 20.4 Å². The highest BCUT2D eigenvalue weighted by Crippen LogP contribution is 2.48. The summed E-state index contributed by atoms with van der Waals surface area (Å²) in [6.07, 6.45) is 4.90. The number of hydrogen-bond acceptors (Lipinski definition) is 3. The van der Waals surface area contributed by atoms with Gasteiger partial charge in [-0.25, -0.2) is 0 Å². The van der Waals surface area contributed by atoms with Crippen LogP contribution in [0.1, 0.15) is 67.2 Å². The molecule has 24 heavy (non-hydrogen) atoms. The summed E-state index contributed by atoms with van der Waals surface area (Å²) in [5.74, 6) is 0.679. The average molecular weight is 355 g/mol. The van der Waals surface area contributed by atoms with Gasteiger partial charge in [-0.15, -0.1) is 0 Å². The van der Waals surface area contributed by atoms with Crippen LogP contribution in [0.3, 0.4) is 0 Å². The molecule has 4 heteroatoms. The lowest BCUT2D eigenvalue weighted by atomic mass is 9.59. The molecule has 0 radical (unpaired) electrons. The maximum atomic E-state index is 12.4. The number of carbonyl (C=O) groups excluding carboxylic acids is 2. The number of ketones is 1. The van der Waals surface area contributed by atoms with Crippen LogP contribution in [0.2, 0.25) is 18.1 Å². The van der Waals surface area contributed by atoms with Gasteiger partial charge >= 0.3 is 0 Å². The molecule has 3 nitrogen and oxygen atoms in total. The number of carbonyl (C=O) groups is 2. The summed E-state index contributed by atoms with van der Waals surface area (Å²) in [5.41, 5.74) is 0.120. The quantitative estimate of drug-likeness (QED) is 0.463. The van der Waals surface area contributed by atoms with E-state index in [1.54, 1.807) is 6.92 Å². The highest BCUT2D eigenvalue weighted by molar-refractivity contribution is 6.74. The summed E-state index contributed by atoms with van der Waals surface area (Å²) >= 11 is 0. The van der Waals surface area contributed by atoms with Crippen molar-refractivity contribution in [3.05, 3.63) is 0 Å². The molecule has 0 aromatic carbocycles. The van der Waals surface area contributed by atoms with E-state index in [-0.39, 0.29) is 34.0 Å². The van der Waals surface area contributed by atoms with E-state index in [4.69, 9.17) is 4.43 Å². The molecule has 1 fully saturated rings. The molecule has 0 heterocycles. The second-order valence-corrected chi connectivity index (χ2v) is 14.7. The molecular weight excluding hydrogens is 316 g/mol. The molecule has 0 spiro atoms. The molecule has 3 atom stereocenters. The maximum absolute atomic E-state index is 12.4. The fourth-order valence-electron chi connectivity index (χ4n) is 3.90. The van der Waals surface area contributed by atoms with Crippen LogP contribution in [0, 0.1) is 23.2 Å². The zero-order valence-corrected chi connectivity index (χ0v) is 18.1. The van der Waals surface area contributed by atoms with E-state index in [0.29, 0.717) is 13.0 Å². The van der Waals surface area contributed by atoms with Crippen molar-refractivity contribution < 1.29 is 14.0 Å². The standard InChI is InChI=1S/C20H38O3Si/c1-15(22)17(14-23-24(7,8)19(2,3)4)16-10-9-12-20(5,6)18(16)11-13-21/h13,16-18H,9-12,14H2,1-8H3/t16-,17+,18+/m1/s1. The molecule has 0 saturated heterocycles. The van der Waals surface area contributed by atoms with Gasteiger partial charge in [-0.2, -0.15) is 0 Å². The van der Waals surface area contributed by atoms with Crippen LogP contribution < -0.4 is 0 Å². The number of rotatable bonds is 7. The van der Waals surface area contributed by atoms with E-state index in [0.717, 1.165) is 25.5 Å². The monoisotopic (exact) mass is 354 g/mol. The molecule has 1 aliphatic rings. The fourth-order valence-corrected chi connectivity index (χ4v) is 4.92. The van der Waals surface area contributed by atoms with Crippen molar-refractivity contribution in [2.24, 2.45) is 23.2 Å². The third-order valence-corrected chi connectivity index (χ3v) is 11.2. The van der Waals surface area contributed by atoms with Crippen LogP contribution in [0.5, 0.6) is 0 Å². The SMILES string of the molecule is CC(=O)[C@H](CO[Si](C)(C)C(C)(C)C)[C@H]1CCCC(C)(C)[C@H]1CC=O. The first-order valence-corrected chi connectivity index (χ1v) is 12.3. The Labute approximate surface area is 150 Å². The highest BCUT2D eigenvalue weighted by Gasteiger charge is 2.44. The van der Waals surface area contributed by atoms with Gasteiger partial charge in [0.25, 0.3) is 0 Å². The predicted molar refractivity (Wildman–Crippen MR) is 103 cm³/mol. The van der Waals surface area contributed by atoms with Crippen LogP contribution in [0.4, 0.5) is 0 Å². The summed E-state index contributed by atoms with van der Waals surface area (Å²) in [6.45, 7) is 17.8. The Bertz CT molecular complexity index is 448. The minimum absolute atomic E-state index is 0.0800. The van der Waals surface area contributed by atoms with Crippen LogP contribution in [-0.4, -0.2) is 27.0 Å². The van der Waals surface area contributed by atoms with E-state index in [2.05, 4.69) is 47.7 Å². The number of Topliss-reactive ketones (excluding diaryl/α,β-unsaturated/α-hetero) is 1. The molecule has 0 aliphatic heterocycles. The van der Waals surface area contributed by atoms with E-state index in [9.17, 15) is 9.59 Å². The molecule has 0 bridgehead atoms. The Balaban J connectivity index is 2.98. The summed E-state index contributed by atoms with van der Waals surface area (Å²) < 4.78 is 6.39. The summed E-state index contributed by atoms with van der Waals surface area (Å²) in [7, 11) is -1.88. The lowest BCUT2D eigenvalue weighted by Crippen LogP contribution is -2.46. The van der Waals surface area contributed by atoms with Gasteiger partial charge in [0, 0.05) is 18.9 Å². The van der Waals surface area contributed by atoms with Gasteiger partial charge in [-0.05, 0) is 55.1 Å². The van der Waals surface area contributed by atoms with E-state index in [1.807, 2.05) is 0 Å². The van der Waals surface area contributed by atoms with Crippen LogP contribution >= 0.6 is 0 Å². The summed E-state index contributed by atoms with van der Waals surface area (Å²) in [6, 6.07) is 0. The van der Waals surface area contributed by atoms with Crippen LogP contribution in [0.15, 0.2) is 0 Å². The van der Waals surface area contributed by atoms with Crippen molar-refractivity contribution in [3.63, 3.8) is 0 Å². The average Bonchev–Trinajstić information content (AvgIpc) is 2.40. The third kappa shape index (κ3) is 5.01. The molecule has 0 N–H and O–H groups in total. The first-order chi connectivity index (χ1) is 10.8. The Morgan fingerprint density at radius 2 is 1.92 bits per heavy atom. The van der Waals surface area contributed by atoms with Gasteiger partial charge in [0.1, 0.15) is 12.1 Å². The molecule has 0 unspecified atom stereocenters. The zero-order chi connectivity index (χ0) is 18.8. The van der Waals surface area contributed by atoms with Gasteiger partial charge in [-0.3, -0.25) is 4.79 Å². The van der Waals surface area contributed by atoms with Gasteiger partial charge in [0.05, 0.1) is 0 Å². The summed E-state index contributed by atoms with van der Waals surface area (Å²) in [4.78, 5) is 23.7. The topological polar surface area (TPSA) is 43.4 Å². The lowest BCUT2D eigenvalue weighted by molar-refractivity contribution is -0.127. The van der Waals surface area contributed by atoms with E-state index >= 15 is 0 Å². The van der Waals surface area contributed by atoms with E-state index < -0.39 is 8.32 Å². The molecule has 0 aromatic heterocycles. The third-order valence-electron chi connectivity index (χ3n) is 6.70. The number of hydrogen-bond donors (Lipinski definition) is 0. The smallest absolute Gasteiger partial charge is 0.192 e. The van der Waals surface area contributed by atoms with Crippen LogP contribution in [0.25, 0.3) is 0 Å². The Morgan fingerprint density at radius 3 is 2.38 bits per heavy atom. The molecule has 140 valence electrons. The molecule has 0 amide bonds. The molecule has 1 saturated carbocycles. The van der Waals surface area contributed by atoms with Crippen molar-refractivity contribution in [2.75, 3.05) is 6.61 Å². The number of aldehydes is 1. The lowest BCUT2D eigenvalue weighted by Gasteiger charge is -2.47. The Hall–Kier alpha value is -0.483. The van der Waals surface area contributed by atoms with E-state index in [1.165, 1.54) is 0 Å². The fraction of sp³-hybridized carbons (Fsp3) is 0.900. The molecule has 1 rings (SSSR count). The highest BCUT2D eigenvalue weighted by atomic mass is 28.4. The van der Waals surface area contributed by atoms with Gasteiger partial charge in [0.15, 0.2) is 8.32 Å². The van der Waals surface area contributed by atoms with Crippen molar-refractivity contribution in [1.29, 1.82) is 0 Å². The Kier molecular flexibility index (Phi) is 7.02. The second kappa shape index (κ2) is 7.82. The molecule has 0 aromatic rings. The predicted octanol–water partition coefficient (Wildman–Crippen LogP) is 5.24. The van der Waals surface area contributed by atoms with Crippen molar-refractivity contribution in [3.8, 4) is 0 Å². The molecule has 1 aliphatic carbocycles. The van der Waals surface area contributed by atoms with Gasteiger partial charge < -0.3 is 9.22 Å². The van der Waals surface area contributed by atoms with Crippen molar-refractivity contribution in [2.45, 2.75) is 85.4 Å². The Morgan fingerprint density at radius 1 is 1.33 bits per heavy atom. The maximum Gasteiger partial charge on any atom is 0.192 e. The minimum atomic E-state index is -1.88. The largest absolute Gasteiger partial charge is 0.416 e.